The Hall–Kier alpha value is -1.94. The Labute approximate surface area is 161 Å². The Kier molecular flexibility index (Phi) is 6.63. The monoisotopic (exact) mass is 451 g/mol. The normalized spacial score (nSPS) is 14.0. The van der Waals surface area contributed by atoms with E-state index in [9.17, 15) is 27.5 Å². The van der Waals surface area contributed by atoms with Crippen LogP contribution in [0.25, 0.3) is 0 Å². The van der Waals surface area contributed by atoms with Gasteiger partial charge in [-0.05, 0) is 24.1 Å². The minimum Gasteiger partial charge on any atom is -0.374 e. The molecule has 27 heavy (non-hydrogen) atoms. The maximum Gasteiger partial charge on any atom is 0.424 e. The van der Waals surface area contributed by atoms with E-state index in [-0.39, 0.29) is 12.8 Å². The van der Waals surface area contributed by atoms with Gasteiger partial charge in [0.15, 0.2) is 0 Å². The highest BCUT2D eigenvalue weighted by Crippen LogP contribution is 2.40. The molecule has 148 valence electrons. The van der Waals surface area contributed by atoms with Crippen LogP contribution < -0.4 is 5.32 Å². The molecule has 0 radical (unpaired) electrons. The lowest BCUT2D eigenvalue weighted by atomic mass is 9.97. The standard InChI is InChI=1S/C17H18BrF4N3O2/c1-25-9-8-24-15(25)16(27,17(20,21)22)6-7-23-14(26)5-3-11-2-4-12(18)10-13(11)19/h2,4,8-10,27H,3,5-7H2,1H3,(H,23,26). The summed E-state index contributed by atoms with van der Waals surface area (Å²) in [6, 6.07) is 4.42. The first-order valence-electron chi connectivity index (χ1n) is 8.02. The van der Waals surface area contributed by atoms with E-state index in [0.717, 1.165) is 10.8 Å². The molecule has 0 saturated heterocycles. The average Bonchev–Trinajstić information content (AvgIpc) is 2.99. The minimum atomic E-state index is -4.96. The molecule has 1 amide bonds. The van der Waals surface area contributed by atoms with Gasteiger partial charge in [-0.1, -0.05) is 22.0 Å². The lowest BCUT2D eigenvalue weighted by molar-refractivity contribution is -0.272. The molecule has 2 N–H and O–H groups in total. The number of nitrogens with one attached hydrogen (secondary N) is 1. The molecule has 1 aromatic heterocycles. The molecule has 0 saturated carbocycles. The molecule has 1 unspecified atom stereocenters. The van der Waals surface area contributed by atoms with Gasteiger partial charge in [-0.3, -0.25) is 4.79 Å². The number of halogens is 5. The van der Waals surface area contributed by atoms with Crippen molar-refractivity contribution in [1.82, 2.24) is 14.9 Å². The number of carbonyl (C=O) groups excluding carboxylic acids is 1. The van der Waals surface area contributed by atoms with Crippen LogP contribution in [-0.2, 0) is 23.9 Å². The second-order valence-electron chi connectivity index (χ2n) is 6.06. The van der Waals surface area contributed by atoms with Crippen molar-refractivity contribution in [1.29, 1.82) is 0 Å². The van der Waals surface area contributed by atoms with E-state index in [2.05, 4.69) is 26.2 Å². The first-order chi connectivity index (χ1) is 12.5. The van der Waals surface area contributed by atoms with E-state index in [0.29, 0.717) is 10.0 Å². The predicted octanol–water partition coefficient (Wildman–Crippen LogP) is 3.21. The van der Waals surface area contributed by atoms with Gasteiger partial charge in [0.1, 0.15) is 11.6 Å². The topological polar surface area (TPSA) is 67.2 Å². The van der Waals surface area contributed by atoms with Crippen LogP contribution in [0.2, 0.25) is 0 Å². The number of rotatable bonds is 7. The number of carbonyl (C=O) groups is 1. The lowest BCUT2D eigenvalue weighted by Gasteiger charge is -2.30. The summed E-state index contributed by atoms with van der Waals surface area (Å²) in [5.74, 6) is -1.57. The number of nitrogens with zero attached hydrogens (tertiary/aromatic N) is 2. The van der Waals surface area contributed by atoms with Crippen LogP contribution in [0.1, 0.15) is 24.2 Å². The SMILES string of the molecule is Cn1ccnc1C(O)(CCNC(=O)CCc1ccc(Br)cc1F)C(F)(F)F. The average molecular weight is 452 g/mol. The summed E-state index contributed by atoms with van der Waals surface area (Å²) in [4.78, 5) is 15.4. The van der Waals surface area contributed by atoms with Crippen molar-refractivity contribution in [3.63, 3.8) is 0 Å². The van der Waals surface area contributed by atoms with Crippen molar-refractivity contribution in [2.45, 2.75) is 31.0 Å². The van der Waals surface area contributed by atoms with Crippen molar-refractivity contribution in [2.75, 3.05) is 6.54 Å². The molecular weight excluding hydrogens is 434 g/mol. The Balaban J connectivity index is 1.93. The van der Waals surface area contributed by atoms with Crippen molar-refractivity contribution in [3.05, 3.63) is 52.3 Å². The molecule has 0 aliphatic rings. The smallest absolute Gasteiger partial charge is 0.374 e. The Morgan fingerprint density at radius 2 is 2.07 bits per heavy atom. The number of benzene rings is 1. The van der Waals surface area contributed by atoms with Gasteiger partial charge >= 0.3 is 6.18 Å². The van der Waals surface area contributed by atoms with Crippen LogP contribution in [0, 0.1) is 5.82 Å². The number of alkyl halides is 3. The Morgan fingerprint density at radius 1 is 1.37 bits per heavy atom. The molecule has 0 aliphatic heterocycles. The van der Waals surface area contributed by atoms with Crippen LogP contribution >= 0.6 is 15.9 Å². The minimum absolute atomic E-state index is 0.0919. The molecule has 2 rings (SSSR count). The molecular formula is C17H18BrF4N3O2. The number of aromatic nitrogens is 2. The predicted molar refractivity (Wildman–Crippen MR) is 93.2 cm³/mol. The fourth-order valence-electron chi connectivity index (χ4n) is 2.59. The number of imidazole rings is 1. The van der Waals surface area contributed by atoms with Gasteiger partial charge in [0, 0.05) is 43.3 Å². The summed E-state index contributed by atoms with van der Waals surface area (Å²) >= 11 is 3.12. The third kappa shape index (κ3) is 5.07. The van der Waals surface area contributed by atoms with Gasteiger partial charge in [0.05, 0.1) is 0 Å². The van der Waals surface area contributed by atoms with E-state index in [4.69, 9.17) is 0 Å². The first-order valence-corrected chi connectivity index (χ1v) is 8.81. The van der Waals surface area contributed by atoms with Crippen LogP contribution in [0.4, 0.5) is 17.6 Å². The Bertz CT molecular complexity index is 810. The summed E-state index contributed by atoms with van der Waals surface area (Å²) < 4.78 is 55.4. The van der Waals surface area contributed by atoms with Gasteiger partial charge in [-0.25, -0.2) is 9.37 Å². The van der Waals surface area contributed by atoms with Gasteiger partial charge in [0.25, 0.3) is 0 Å². The second kappa shape index (κ2) is 8.39. The maximum absolute atomic E-state index is 13.7. The van der Waals surface area contributed by atoms with Crippen LogP contribution in [0.3, 0.4) is 0 Å². The number of hydrogen-bond donors (Lipinski definition) is 2. The van der Waals surface area contributed by atoms with Gasteiger partial charge < -0.3 is 15.0 Å². The highest BCUT2D eigenvalue weighted by Gasteiger charge is 2.57. The van der Waals surface area contributed by atoms with Crippen LogP contribution in [0.15, 0.2) is 35.1 Å². The Morgan fingerprint density at radius 3 is 2.63 bits per heavy atom. The first kappa shape index (κ1) is 21.4. The lowest BCUT2D eigenvalue weighted by Crippen LogP contribution is -2.46. The van der Waals surface area contributed by atoms with E-state index >= 15 is 0 Å². The molecule has 2 aromatic rings. The fourth-order valence-corrected chi connectivity index (χ4v) is 2.92. The molecule has 10 heteroatoms. The zero-order valence-electron chi connectivity index (χ0n) is 14.4. The number of aliphatic hydroxyl groups is 1. The zero-order valence-corrected chi connectivity index (χ0v) is 15.9. The van der Waals surface area contributed by atoms with E-state index in [1.165, 1.54) is 25.4 Å². The van der Waals surface area contributed by atoms with Crippen molar-refractivity contribution in [3.8, 4) is 0 Å². The summed E-state index contributed by atoms with van der Waals surface area (Å²) in [5.41, 5.74) is -2.86. The van der Waals surface area contributed by atoms with Gasteiger partial charge in [-0.2, -0.15) is 13.2 Å². The molecule has 0 fully saturated rings. The number of aryl methyl sites for hydroxylation is 2. The highest BCUT2D eigenvalue weighted by molar-refractivity contribution is 9.10. The fraction of sp³-hybridized carbons (Fsp3) is 0.412. The second-order valence-corrected chi connectivity index (χ2v) is 6.97. The zero-order chi connectivity index (χ0) is 20.2. The maximum atomic E-state index is 13.7. The van der Waals surface area contributed by atoms with Gasteiger partial charge in [-0.15, -0.1) is 0 Å². The molecule has 0 aliphatic carbocycles. The molecule has 1 aromatic carbocycles. The van der Waals surface area contributed by atoms with Gasteiger partial charge in [0.2, 0.25) is 11.5 Å². The summed E-state index contributed by atoms with van der Waals surface area (Å²) in [6.45, 7) is -0.412. The third-order valence-corrected chi connectivity index (χ3v) is 4.60. The summed E-state index contributed by atoms with van der Waals surface area (Å²) in [5, 5.41) is 12.5. The third-order valence-electron chi connectivity index (χ3n) is 4.11. The molecule has 0 bridgehead atoms. The van der Waals surface area contributed by atoms with E-state index in [1.54, 1.807) is 6.07 Å². The largest absolute Gasteiger partial charge is 0.424 e. The highest BCUT2D eigenvalue weighted by atomic mass is 79.9. The summed E-state index contributed by atoms with van der Waals surface area (Å²) in [6.07, 6.45) is -3.30. The molecule has 1 heterocycles. The molecule has 1 atom stereocenters. The van der Waals surface area contributed by atoms with Crippen LogP contribution in [0.5, 0.6) is 0 Å². The molecule has 5 nitrogen and oxygen atoms in total. The number of amides is 1. The van der Waals surface area contributed by atoms with Crippen molar-refractivity contribution in [2.24, 2.45) is 7.05 Å². The molecule has 0 spiro atoms. The van der Waals surface area contributed by atoms with E-state index in [1.807, 2.05) is 0 Å². The number of hydrogen-bond acceptors (Lipinski definition) is 3. The van der Waals surface area contributed by atoms with E-state index < -0.39 is 42.3 Å². The van der Waals surface area contributed by atoms with Crippen molar-refractivity contribution >= 4 is 21.8 Å². The summed E-state index contributed by atoms with van der Waals surface area (Å²) in [7, 11) is 1.34. The quantitative estimate of drug-likeness (QED) is 0.635. The van der Waals surface area contributed by atoms with Crippen molar-refractivity contribution < 1.29 is 27.5 Å². The van der Waals surface area contributed by atoms with Crippen LogP contribution in [-0.4, -0.2) is 33.3 Å².